The number of rotatable bonds is 2. The number of aromatic nitrogens is 2. The summed E-state index contributed by atoms with van der Waals surface area (Å²) in [6.07, 6.45) is -3.85. The van der Waals surface area contributed by atoms with Crippen LogP contribution in [-0.2, 0) is 4.79 Å². The summed E-state index contributed by atoms with van der Waals surface area (Å²) in [5.74, 6) is -3.71. The number of aromatic carboxylic acids is 1. The number of carboxylic acids is 1. The number of nitrogens with zero attached hydrogens (tertiary/aromatic N) is 1. The highest BCUT2D eigenvalue weighted by Gasteiger charge is 2.39. The minimum atomic E-state index is -5.10. The topological polar surface area (TPSA) is 95.1 Å². The van der Waals surface area contributed by atoms with Crippen LogP contribution in [0.5, 0.6) is 0 Å². The summed E-state index contributed by atoms with van der Waals surface area (Å²) in [6.45, 7) is 0. The van der Waals surface area contributed by atoms with Gasteiger partial charge in [0.1, 0.15) is 0 Å². The molecule has 0 radical (unpaired) electrons. The molecule has 9 heteroatoms. The molecule has 0 aliphatic rings. The number of H-pyrrole nitrogens is 1. The Bertz CT molecular complexity index is 663. The first-order chi connectivity index (χ1) is 8.79. The van der Waals surface area contributed by atoms with E-state index in [9.17, 15) is 22.8 Å². The van der Waals surface area contributed by atoms with Crippen molar-refractivity contribution in [2.75, 3.05) is 5.32 Å². The maximum absolute atomic E-state index is 12.1. The minimum Gasteiger partial charge on any atom is -0.478 e. The lowest BCUT2D eigenvalue weighted by molar-refractivity contribution is -0.167. The number of amides is 1. The van der Waals surface area contributed by atoms with Crippen molar-refractivity contribution in [2.45, 2.75) is 6.18 Å². The zero-order valence-electron chi connectivity index (χ0n) is 9.08. The molecule has 0 saturated carbocycles. The molecule has 100 valence electrons. The van der Waals surface area contributed by atoms with E-state index in [2.05, 4.69) is 9.97 Å². The maximum atomic E-state index is 12.1. The van der Waals surface area contributed by atoms with Crippen LogP contribution in [0.25, 0.3) is 11.0 Å². The fraction of sp³-hybridized carbons (Fsp3) is 0.100. The van der Waals surface area contributed by atoms with Gasteiger partial charge in [-0.25, -0.2) is 9.78 Å². The van der Waals surface area contributed by atoms with Gasteiger partial charge in [-0.1, -0.05) is 0 Å². The number of halogens is 3. The minimum absolute atomic E-state index is 0.238. The normalized spacial score (nSPS) is 11.5. The summed E-state index contributed by atoms with van der Waals surface area (Å²) in [5, 5.41) is 10.4. The summed E-state index contributed by atoms with van der Waals surface area (Å²) in [6, 6.07) is 2.15. The Kier molecular flexibility index (Phi) is 2.89. The Labute approximate surface area is 103 Å². The lowest BCUT2D eigenvalue weighted by Gasteiger charge is -2.10. The molecule has 1 amide bonds. The lowest BCUT2D eigenvalue weighted by Crippen LogP contribution is -2.30. The third kappa shape index (κ3) is 2.49. The highest BCUT2D eigenvalue weighted by molar-refractivity contribution is 6.05. The molecule has 6 nitrogen and oxygen atoms in total. The van der Waals surface area contributed by atoms with Gasteiger partial charge in [-0.3, -0.25) is 4.79 Å². The number of hydrogen-bond acceptors (Lipinski definition) is 3. The van der Waals surface area contributed by atoms with Crippen LogP contribution in [0.2, 0.25) is 0 Å². The average molecular weight is 273 g/mol. The van der Waals surface area contributed by atoms with E-state index in [0.717, 1.165) is 12.1 Å². The number of anilines is 1. The number of hydrogen-bond donors (Lipinski definition) is 3. The molecule has 0 saturated heterocycles. The Hall–Kier alpha value is -2.58. The number of imidazole rings is 1. The number of aromatic amines is 1. The second-order valence-electron chi connectivity index (χ2n) is 3.57. The second kappa shape index (κ2) is 4.26. The van der Waals surface area contributed by atoms with E-state index in [1.165, 1.54) is 11.6 Å². The first-order valence-corrected chi connectivity index (χ1v) is 4.87. The first-order valence-electron chi connectivity index (χ1n) is 4.87. The van der Waals surface area contributed by atoms with Crippen LogP contribution in [0.3, 0.4) is 0 Å². The van der Waals surface area contributed by atoms with Gasteiger partial charge in [0.05, 0.1) is 28.6 Å². The zero-order chi connectivity index (χ0) is 14.2. The van der Waals surface area contributed by atoms with E-state index < -0.39 is 29.3 Å². The molecule has 0 unspecified atom stereocenters. The molecule has 0 spiro atoms. The molecule has 19 heavy (non-hydrogen) atoms. The summed E-state index contributed by atoms with van der Waals surface area (Å²) >= 11 is 0. The number of carbonyl (C=O) groups excluding carboxylic acids is 1. The van der Waals surface area contributed by atoms with Crippen molar-refractivity contribution in [2.24, 2.45) is 0 Å². The van der Waals surface area contributed by atoms with E-state index in [1.807, 2.05) is 0 Å². The fourth-order valence-electron chi connectivity index (χ4n) is 1.46. The largest absolute Gasteiger partial charge is 0.478 e. The van der Waals surface area contributed by atoms with Crippen molar-refractivity contribution in [1.29, 1.82) is 0 Å². The van der Waals surface area contributed by atoms with Crippen LogP contribution >= 0.6 is 0 Å². The predicted molar refractivity (Wildman–Crippen MR) is 57.7 cm³/mol. The Morgan fingerprint density at radius 2 is 2.00 bits per heavy atom. The highest BCUT2D eigenvalue weighted by atomic mass is 19.4. The van der Waals surface area contributed by atoms with Gasteiger partial charge in [0.15, 0.2) is 0 Å². The molecule has 0 aliphatic heterocycles. The van der Waals surface area contributed by atoms with Crippen molar-refractivity contribution in [1.82, 2.24) is 9.97 Å². The Balaban J connectivity index is 2.48. The van der Waals surface area contributed by atoms with Gasteiger partial charge in [0, 0.05) is 0 Å². The van der Waals surface area contributed by atoms with Gasteiger partial charge in [-0.2, -0.15) is 13.2 Å². The Morgan fingerprint density at radius 1 is 1.32 bits per heavy atom. The van der Waals surface area contributed by atoms with Crippen molar-refractivity contribution in [3.8, 4) is 0 Å². The van der Waals surface area contributed by atoms with Crippen LogP contribution in [-0.4, -0.2) is 33.1 Å². The molecule has 2 rings (SSSR count). The van der Waals surface area contributed by atoms with Gasteiger partial charge < -0.3 is 15.4 Å². The van der Waals surface area contributed by atoms with Gasteiger partial charge in [-0.05, 0) is 12.1 Å². The SMILES string of the molecule is O=C(O)c1cc2[nH]cnc2cc1NC(=O)C(F)(F)F. The average Bonchev–Trinajstić information content (AvgIpc) is 2.73. The second-order valence-corrected chi connectivity index (χ2v) is 3.57. The van der Waals surface area contributed by atoms with Crippen LogP contribution < -0.4 is 5.32 Å². The monoisotopic (exact) mass is 273 g/mol. The number of carbonyl (C=O) groups is 2. The number of fused-ring (bicyclic) bond motifs is 1. The third-order valence-corrected chi connectivity index (χ3v) is 2.30. The van der Waals surface area contributed by atoms with Crippen LogP contribution in [0.1, 0.15) is 10.4 Å². The van der Waals surface area contributed by atoms with Crippen molar-refractivity contribution in [3.63, 3.8) is 0 Å². The van der Waals surface area contributed by atoms with Gasteiger partial charge >= 0.3 is 18.1 Å². The van der Waals surface area contributed by atoms with Crippen LogP contribution in [0, 0.1) is 0 Å². The van der Waals surface area contributed by atoms with Crippen LogP contribution in [0.15, 0.2) is 18.5 Å². The number of benzene rings is 1. The van der Waals surface area contributed by atoms with Crippen molar-refractivity contribution >= 4 is 28.6 Å². The van der Waals surface area contributed by atoms with E-state index in [0.29, 0.717) is 5.52 Å². The molecule has 2 aromatic rings. The number of nitrogens with one attached hydrogen (secondary N) is 2. The van der Waals surface area contributed by atoms with Gasteiger partial charge in [-0.15, -0.1) is 0 Å². The lowest BCUT2D eigenvalue weighted by atomic mass is 10.1. The van der Waals surface area contributed by atoms with Gasteiger partial charge in [0.25, 0.3) is 0 Å². The zero-order valence-corrected chi connectivity index (χ0v) is 9.08. The smallest absolute Gasteiger partial charge is 0.471 e. The van der Waals surface area contributed by atoms with E-state index >= 15 is 0 Å². The van der Waals surface area contributed by atoms with Crippen LogP contribution in [0.4, 0.5) is 18.9 Å². The predicted octanol–water partition coefficient (Wildman–Crippen LogP) is 1.76. The molecule has 0 fully saturated rings. The maximum Gasteiger partial charge on any atom is 0.471 e. The number of carboxylic acid groups (broad SMARTS) is 1. The molecule has 1 aromatic heterocycles. The molecule has 1 aromatic carbocycles. The number of alkyl halides is 3. The third-order valence-electron chi connectivity index (χ3n) is 2.30. The molecular formula is C10H6F3N3O3. The van der Waals surface area contributed by atoms with E-state index in [1.54, 1.807) is 0 Å². The molecule has 1 heterocycles. The molecule has 3 N–H and O–H groups in total. The fourth-order valence-corrected chi connectivity index (χ4v) is 1.46. The van der Waals surface area contributed by atoms with E-state index in [-0.39, 0.29) is 5.52 Å². The Morgan fingerprint density at radius 3 is 2.58 bits per heavy atom. The van der Waals surface area contributed by atoms with E-state index in [4.69, 9.17) is 5.11 Å². The quantitative estimate of drug-likeness (QED) is 0.777. The summed E-state index contributed by atoms with van der Waals surface area (Å²) < 4.78 is 36.4. The standard InChI is InChI=1S/C10H6F3N3O3/c11-10(12,13)9(19)16-5-2-7-6(14-3-15-7)1-4(5)8(17)18/h1-3H,(H,14,15)(H,16,19)(H,17,18). The molecule has 0 aliphatic carbocycles. The molecule has 0 atom stereocenters. The van der Waals surface area contributed by atoms with Crippen molar-refractivity contribution in [3.05, 3.63) is 24.0 Å². The first kappa shape index (κ1) is 12.9. The molecular weight excluding hydrogens is 267 g/mol. The van der Waals surface area contributed by atoms with Gasteiger partial charge in [0.2, 0.25) is 0 Å². The summed E-state index contributed by atoms with van der Waals surface area (Å²) in [4.78, 5) is 28.2. The summed E-state index contributed by atoms with van der Waals surface area (Å²) in [7, 11) is 0. The van der Waals surface area contributed by atoms with Crippen molar-refractivity contribution < 1.29 is 27.9 Å². The summed E-state index contributed by atoms with van der Waals surface area (Å²) in [5.41, 5.74) is -0.353. The molecule has 0 bridgehead atoms. The highest BCUT2D eigenvalue weighted by Crippen LogP contribution is 2.24.